The minimum absolute atomic E-state index is 0.0564. The fourth-order valence-electron chi connectivity index (χ4n) is 4.67. The van der Waals surface area contributed by atoms with Gasteiger partial charge in [-0.2, -0.15) is 0 Å². The molecule has 3 fully saturated rings. The third-order valence-corrected chi connectivity index (χ3v) is 6.38. The molecule has 0 aromatic rings. The van der Waals surface area contributed by atoms with Crippen LogP contribution in [0.5, 0.6) is 0 Å². The molecule has 2 atom stereocenters. The van der Waals surface area contributed by atoms with Crippen LogP contribution in [0.2, 0.25) is 0 Å². The lowest BCUT2D eigenvalue weighted by Gasteiger charge is -2.44. The second kappa shape index (κ2) is 7.43. The summed E-state index contributed by atoms with van der Waals surface area (Å²) >= 11 is 0. The molecular weight excluding hydrogens is 312 g/mol. The van der Waals surface area contributed by atoms with Gasteiger partial charge in [0, 0.05) is 38.3 Å². The summed E-state index contributed by atoms with van der Waals surface area (Å²) < 4.78 is 5.90. The number of rotatable bonds is 4. The van der Waals surface area contributed by atoms with Gasteiger partial charge in [0.25, 0.3) is 0 Å². The Morgan fingerprint density at radius 3 is 2.40 bits per heavy atom. The summed E-state index contributed by atoms with van der Waals surface area (Å²) in [7, 11) is 0. The Hall–Kier alpha value is -0.810. The fraction of sp³-hybridized carbons (Fsp3) is 0.950. The molecule has 0 aromatic carbocycles. The van der Waals surface area contributed by atoms with Crippen LogP contribution in [0.15, 0.2) is 4.99 Å². The molecule has 0 bridgehead atoms. The number of nitrogens with one attached hydrogen (secondary N) is 1. The van der Waals surface area contributed by atoms with Crippen molar-refractivity contribution in [1.29, 1.82) is 0 Å². The van der Waals surface area contributed by atoms with Crippen LogP contribution in [-0.4, -0.2) is 72.8 Å². The van der Waals surface area contributed by atoms with Gasteiger partial charge in [-0.05, 0) is 59.3 Å². The highest BCUT2D eigenvalue weighted by Crippen LogP contribution is 2.47. The van der Waals surface area contributed by atoms with E-state index < -0.39 is 0 Å². The monoisotopic (exact) mass is 350 g/mol. The molecule has 5 heteroatoms. The molecule has 1 saturated carbocycles. The van der Waals surface area contributed by atoms with Crippen LogP contribution in [0.3, 0.4) is 0 Å². The number of nitrogens with zero attached hydrogens (tertiary/aromatic N) is 3. The quantitative estimate of drug-likeness (QED) is 0.625. The number of hydrogen-bond donors (Lipinski definition) is 1. The summed E-state index contributed by atoms with van der Waals surface area (Å²) in [6, 6.07) is 0. The third-order valence-electron chi connectivity index (χ3n) is 6.38. The van der Waals surface area contributed by atoms with Gasteiger partial charge in [-0.15, -0.1) is 0 Å². The predicted octanol–water partition coefficient (Wildman–Crippen LogP) is 2.72. The van der Waals surface area contributed by atoms with Gasteiger partial charge in [0.05, 0.1) is 18.8 Å². The lowest BCUT2D eigenvalue weighted by molar-refractivity contribution is -0.0939. The Morgan fingerprint density at radius 1 is 1.20 bits per heavy atom. The Balaban J connectivity index is 1.64. The smallest absolute Gasteiger partial charge is 0.193 e. The van der Waals surface area contributed by atoms with Gasteiger partial charge in [0.15, 0.2) is 5.96 Å². The topological polar surface area (TPSA) is 40.1 Å². The van der Waals surface area contributed by atoms with Crippen molar-refractivity contribution in [3.8, 4) is 0 Å². The third kappa shape index (κ3) is 4.30. The largest absolute Gasteiger partial charge is 0.373 e. The van der Waals surface area contributed by atoms with Gasteiger partial charge in [-0.1, -0.05) is 6.42 Å². The van der Waals surface area contributed by atoms with Gasteiger partial charge in [-0.25, -0.2) is 0 Å². The second-order valence-electron chi connectivity index (χ2n) is 9.17. The number of aliphatic imine (C=N–C) groups is 1. The van der Waals surface area contributed by atoms with Crippen LogP contribution < -0.4 is 5.32 Å². The van der Waals surface area contributed by atoms with Crippen molar-refractivity contribution in [2.45, 2.75) is 78.0 Å². The number of ether oxygens (including phenoxy) is 1. The first-order valence-electron chi connectivity index (χ1n) is 10.3. The summed E-state index contributed by atoms with van der Waals surface area (Å²) in [6.07, 6.45) is 6.20. The molecule has 0 radical (unpaired) electrons. The molecule has 1 N–H and O–H groups in total. The van der Waals surface area contributed by atoms with E-state index >= 15 is 0 Å². The van der Waals surface area contributed by atoms with Crippen LogP contribution in [0.1, 0.15) is 60.3 Å². The van der Waals surface area contributed by atoms with Gasteiger partial charge >= 0.3 is 0 Å². The Kier molecular flexibility index (Phi) is 5.64. The van der Waals surface area contributed by atoms with Gasteiger partial charge < -0.3 is 15.0 Å². The van der Waals surface area contributed by atoms with Crippen molar-refractivity contribution < 1.29 is 4.74 Å². The molecule has 2 unspecified atom stereocenters. The normalized spacial score (nSPS) is 30.6. The Labute approximate surface area is 154 Å². The summed E-state index contributed by atoms with van der Waals surface area (Å²) in [5, 5.41) is 3.54. The van der Waals surface area contributed by atoms with Crippen molar-refractivity contribution in [2.24, 2.45) is 10.4 Å². The van der Waals surface area contributed by atoms with Crippen molar-refractivity contribution in [3.05, 3.63) is 0 Å². The zero-order chi connectivity index (χ0) is 18.1. The number of likely N-dealkylation sites (tertiary alicyclic amines) is 1. The van der Waals surface area contributed by atoms with E-state index in [1.54, 1.807) is 0 Å². The summed E-state index contributed by atoms with van der Waals surface area (Å²) in [5.74, 6) is 1.12. The van der Waals surface area contributed by atoms with E-state index in [-0.39, 0.29) is 5.54 Å². The maximum Gasteiger partial charge on any atom is 0.193 e. The van der Waals surface area contributed by atoms with E-state index in [1.165, 1.54) is 32.2 Å². The van der Waals surface area contributed by atoms with Gasteiger partial charge in [0.1, 0.15) is 0 Å². The molecule has 3 aliphatic rings. The first-order valence-corrected chi connectivity index (χ1v) is 10.3. The molecule has 2 saturated heterocycles. The van der Waals surface area contributed by atoms with Crippen molar-refractivity contribution in [3.63, 3.8) is 0 Å². The summed E-state index contributed by atoms with van der Waals surface area (Å²) in [6.45, 7) is 17.3. The highest BCUT2D eigenvalue weighted by Gasteiger charge is 2.43. The highest BCUT2D eigenvalue weighted by molar-refractivity contribution is 5.80. The SMILES string of the molecule is CCNC(=NCC(C)(C)N1CC(C)OC(C)C1)N1CCC2(CCC2)C1. The molecule has 2 heterocycles. The van der Waals surface area contributed by atoms with Crippen molar-refractivity contribution in [2.75, 3.05) is 39.3 Å². The van der Waals surface area contributed by atoms with Crippen molar-refractivity contribution in [1.82, 2.24) is 15.1 Å². The Bertz CT molecular complexity index is 476. The minimum atomic E-state index is 0.0564. The first-order chi connectivity index (χ1) is 11.8. The first kappa shape index (κ1) is 19.0. The number of morpholine rings is 1. The molecule has 5 nitrogen and oxygen atoms in total. The molecule has 2 aliphatic heterocycles. The zero-order valence-corrected chi connectivity index (χ0v) is 17.0. The van der Waals surface area contributed by atoms with Crippen LogP contribution >= 0.6 is 0 Å². The van der Waals surface area contributed by atoms with Crippen LogP contribution in [0, 0.1) is 5.41 Å². The lowest BCUT2D eigenvalue weighted by atomic mass is 9.68. The fourth-order valence-corrected chi connectivity index (χ4v) is 4.67. The van der Waals surface area contributed by atoms with E-state index in [2.05, 4.69) is 49.7 Å². The van der Waals surface area contributed by atoms with E-state index in [4.69, 9.17) is 9.73 Å². The van der Waals surface area contributed by atoms with Crippen LogP contribution in [0.4, 0.5) is 0 Å². The average molecular weight is 351 g/mol. The maximum absolute atomic E-state index is 5.90. The molecule has 1 spiro atoms. The summed E-state index contributed by atoms with van der Waals surface area (Å²) in [5.41, 5.74) is 0.668. The maximum atomic E-state index is 5.90. The van der Waals surface area contributed by atoms with Crippen molar-refractivity contribution >= 4 is 5.96 Å². The molecular formula is C20H38N4O. The Morgan fingerprint density at radius 2 is 1.88 bits per heavy atom. The lowest BCUT2D eigenvalue weighted by Crippen LogP contribution is -2.56. The van der Waals surface area contributed by atoms with E-state index in [0.717, 1.165) is 38.7 Å². The van der Waals surface area contributed by atoms with Crippen LogP contribution in [-0.2, 0) is 4.74 Å². The molecule has 144 valence electrons. The zero-order valence-electron chi connectivity index (χ0n) is 17.0. The minimum Gasteiger partial charge on any atom is -0.373 e. The molecule has 0 amide bonds. The van der Waals surface area contributed by atoms with Crippen LogP contribution in [0.25, 0.3) is 0 Å². The van der Waals surface area contributed by atoms with E-state index in [1.807, 2.05) is 0 Å². The van der Waals surface area contributed by atoms with Gasteiger partial charge in [0.2, 0.25) is 0 Å². The predicted molar refractivity (Wildman–Crippen MR) is 104 cm³/mol. The molecule has 3 rings (SSSR count). The van der Waals surface area contributed by atoms with E-state index in [9.17, 15) is 0 Å². The molecule has 25 heavy (non-hydrogen) atoms. The molecule has 0 aromatic heterocycles. The highest BCUT2D eigenvalue weighted by atomic mass is 16.5. The molecule has 1 aliphatic carbocycles. The van der Waals surface area contributed by atoms with E-state index in [0.29, 0.717) is 17.6 Å². The number of guanidine groups is 1. The average Bonchev–Trinajstić information content (AvgIpc) is 2.96. The van der Waals surface area contributed by atoms with Gasteiger partial charge in [-0.3, -0.25) is 9.89 Å². The second-order valence-corrected chi connectivity index (χ2v) is 9.17. The standard InChI is InChI=1S/C20H38N4O/c1-6-21-18(23-11-10-20(15-23)8-7-9-20)22-14-19(4,5)24-12-16(2)25-17(3)13-24/h16-17H,6-15H2,1-5H3,(H,21,22). The number of hydrogen-bond acceptors (Lipinski definition) is 3. The summed E-state index contributed by atoms with van der Waals surface area (Å²) in [4.78, 5) is 10.1.